The molecule has 0 saturated heterocycles. The lowest BCUT2D eigenvalue weighted by Crippen LogP contribution is -2.36. The number of hydrogen-bond donors (Lipinski definition) is 1. The lowest BCUT2D eigenvalue weighted by Gasteiger charge is -2.17. The Hall–Kier alpha value is -2.58. The molecule has 124 valence electrons. The van der Waals surface area contributed by atoms with E-state index in [-0.39, 0.29) is 24.1 Å². The molecule has 0 radical (unpaired) electrons. The van der Waals surface area contributed by atoms with E-state index in [1.807, 2.05) is 12.1 Å². The van der Waals surface area contributed by atoms with Gasteiger partial charge in [-0.15, -0.1) is 11.3 Å². The van der Waals surface area contributed by atoms with Crippen molar-refractivity contribution >= 4 is 27.5 Å². The van der Waals surface area contributed by atoms with E-state index in [1.54, 1.807) is 30.8 Å². The zero-order valence-electron chi connectivity index (χ0n) is 13.0. The Balaban J connectivity index is 1.75. The second-order valence-electron chi connectivity index (χ2n) is 5.14. The summed E-state index contributed by atoms with van der Waals surface area (Å²) in [6.07, 6.45) is 3.05. The molecule has 0 fully saturated rings. The Morgan fingerprint density at radius 3 is 3.00 bits per heavy atom. The maximum Gasteiger partial charge on any atom is 0.271 e. The first kappa shape index (κ1) is 16.3. The molecule has 0 saturated carbocycles. The summed E-state index contributed by atoms with van der Waals surface area (Å²) in [6, 6.07) is 6.86. The van der Waals surface area contributed by atoms with Gasteiger partial charge in [0.25, 0.3) is 5.56 Å². The predicted molar refractivity (Wildman–Crippen MR) is 90.9 cm³/mol. The van der Waals surface area contributed by atoms with E-state index in [2.05, 4.69) is 15.3 Å². The fourth-order valence-corrected chi connectivity index (χ4v) is 3.13. The summed E-state index contributed by atoms with van der Waals surface area (Å²) >= 11 is 1.32. The molecule has 3 aromatic rings. The number of pyridine rings is 1. The summed E-state index contributed by atoms with van der Waals surface area (Å²) in [4.78, 5) is 33.1. The summed E-state index contributed by atoms with van der Waals surface area (Å²) in [5.74, 6) is -0.303. The molecule has 24 heavy (non-hydrogen) atoms. The highest BCUT2D eigenvalue weighted by Gasteiger charge is 2.16. The van der Waals surface area contributed by atoms with Crippen molar-refractivity contribution in [2.24, 2.45) is 0 Å². The molecule has 0 aromatic carbocycles. The van der Waals surface area contributed by atoms with E-state index in [0.717, 1.165) is 0 Å². The number of carbonyl (C=O) groups excluding carboxylic acids is 1. The monoisotopic (exact) mass is 344 g/mol. The quantitative estimate of drug-likeness (QED) is 0.730. The van der Waals surface area contributed by atoms with Gasteiger partial charge < -0.3 is 10.1 Å². The predicted octanol–water partition coefficient (Wildman–Crippen LogP) is 1.36. The Morgan fingerprint density at radius 1 is 1.38 bits per heavy atom. The molecular weight excluding hydrogens is 328 g/mol. The van der Waals surface area contributed by atoms with Gasteiger partial charge in [0.05, 0.1) is 30.2 Å². The van der Waals surface area contributed by atoms with Crippen LogP contribution in [0.15, 0.2) is 47.0 Å². The Bertz CT molecular complexity index is 891. The second kappa shape index (κ2) is 7.33. The Labute approximate surface area is 141 Å². The van der Waals surface area contributed by atoms with Gasteiger partial charge in [0, 0.05) is 13.3 Å². The van der Waals surface area contributed by atoms with Crippen LogP contribution in [0.3, 0.4) is 0 Å². The summed E-state index contributed by atoms with van der Waals surface area (Å²) in [5, 5.41) is 4.65. The summed E-state index contributed by atoms with van der Waals surface area (Å²) in [7, 11) is 1.56. The van der Waals surface area contributed by atoms with Gasteiger partial charge in [0.2, 0.25) is 5.91 Å². The van der Waals surface area contributed by atoms with Gasteiger partial charge in [-0.25, -0.2) is 4.98 Å². The minimum Gasteiger partial charge on any atom is -0.382 e. The molecule has 0 aliphatic carbocycles. The molecule has 3 aromatic heterocycles. The largest absolute Gasteiger partial charge is 0.382 e. The third-order valence-corrected chi connectivity index (χ3v) is 4.35. The number of thiophene rings is 1. The van der Waals surface area contributed by atoms with E-state index < -0.39 is 0 Å². The maximum atomic E-state index is 12.3. The first-order valence-corrected chi connectivity index (χ1v) is 8.19. The van der Waals surface area contributed by atoms with Crippen LogP contribution in [-0.4, -0.2) is 34.2 Å². The number of amides is 1. The van der Waals surface area contributed by atoms with E-state index in [4.69, 9.17) is 4.74 Å². The Kier molecular flexibility index (Phi) is 4.97. The topological polar surface area (TPSA) is 86.1 Å². The van der Waals surface area contributed by atoms with Crippen molar-refractivity contribution in [3.63, 3.8) is 0 Å². The molecule has 3 rings (SSSR count). The highest BCUT2D eigenvalue weighted by atomic mass is 32.1. The van der Waals surface area contributed by atoms with Gasteiger partial charge >= 0.3 is 0 Å². The van der Waals surface area contributed by atoms with Crippen molar-refractivity contribution in [2.75, 3.05) is 13.7 Å². The van der Waals surface area contributed by atoms with Crippen LogP contribution in [0.4, 0.5) is 0 Å². The molecule has 8 heteroatoms. The molecule has 3 heterocycles. The number of fused-ring (bicyclic) bond motifs is 1. The van der Waals surface area contributed by atoms with Crippen LogP contribution in [0.5, 0.6) is 0 Å². The molecule has 0 bridgehead atoms. The molecule has 0 unspecified atom stereocenters. The first-order chi connectivity index (χ1) is 11.7. The first-order valence-electron chi connectivity index (χ1n) is 7.31. The normalized spacial score (nSPS) is 12.2. The van der Waals surface area contributed by atoms with Gasteiger partial charge in [0.15, 0.2) is 0 Å². The molecule has 1 amide bonds. The standard InChI is InChI=1S/C16H16N4O3S/c1-23-9-13(11-4-2-3-6-17-11)19-14(21)8-20-10-18-12-5-7-24-15(12)16(20)22/h2-7,10,13H,8-9H2,1H3,(H,19,21)/t13-/m0/s1. The van der Waals surface area contributed by atoms with Gasteiger partial charge in [-0.3, -0.25) is 19.1 Å². The van der Waals surface area contributed by atoms with Gasteiger partial charge in [-0.05, 0) is 23.6 Å². The molecule has 7 nitrogen and oxygen atoms in total. The fourth-order valence-electron chi connectivity index (χ4n) is 2.34. The zero-order valence-corrected chi connectivity index (χ0v) is 13.8. The van der Waals surface area contributed by atoms with Crippen LogP contribution in [-0.2, 0) is 16.1 Å². The summed E-state index contributed by atoms with van der Waals surface area (Å²) in [6.45, 7) is 0.187. The van der Waals surface area contributed by atoms with Crippen molar-refractivity contribution in [3.05, 3.63) is 58.2 Å². The van der Waals surface area contributed by atoms with Crippen molar-refractivity contribution in [2.45, 2.75) is 12.6 Å². The van der Waals surface area contributed by atoms with Crippen LogP contribution < -0.4 is 10.9 Å². The van der Waals surface area contributed by atoms with E-state index >= 15 is 0 Å². The van der Waals surface area contributed by atoms with Crippen molar-refractivity contribution in [1.29, 1.82) is 0 Å². The van der Waals surface area contributed by atoms with Crippen LogP contribution in [0, 0.1) is 0 Å². The van der Waals surface area contributed by atoms with Crippen molar-refractivity contribution < 1.29 is 9.53 Å². The summed E-state index contributed by atoms with van der Waals surface area (Å²) < 4.78 is 6.99. The van der Waals surface area contributed by atoms with E-state index in [0.29, 0.717) is 22.5 Å². The average Bonchev–Trinajstić information content (AvgIpc) is 3.07. The highest BCUT2D eigenvalue weighted by molar-refractivity contribution is 7.17. The number of nitrogens with zero attached hydrogens (tertiary/aromatic N) is 3. The van der Waals surface area contributed by atoms with Crippen LogP contribution >= 0.6 is 11.3 Å². The number of hydrogen-bond acceptors (Lipinski definition) is 6. The lowest BCUT2D eigenvalue weighted by atomic mass is 10.2. The SMILES string of the molecule is COC[C@H](NC(=O)Cn1cnc2ccsc2c1=O)c1ccccn1. The minimum absolute atomic E-state index is 0.104. The molecule has 0 aliphatic rings. The van der Waals surface area contributed by atoms with Crippen molar-refractivity contribution in [3.8, 4) is 0 Å². The highest BCUT2D eigenvalue weighted by Crippen LogP contribution is 2.13. The average molecular weight is 344 g/mol. The molecule has 1 N–H and O–H groups in total. The van der Waals surface area contributed by atoms with Gasteiger partial charge in [-0.2, -0.15) is 0 Å². The third kappa shape index (κ3) is 3.50. The number of carbonyl (C=O) groups is 1. The minimum atomic E-state index is -0.377. The van der Waals surface area contributed by atoms with Crippen LogP contribution in [0.25, 0.3) is 10.2 Å². The number of methoxy groups -OCH3 is 1. The molecule has 0 aliphatic heterocycles. The van der Waals surface area contributed by atoms with Crippen molar-refractivity contribution in [1.82, 2.24) is 19.9 Å². The Morgan fingerprint density at radius 2 is 2.25 bits per heavy atom. The van der Waals surface area contributed by atoms with E-state index in [1.165, 1.54) is 22.2 Å². The smallest absolute Gasteiger partial charge is 0.271 e. The molecular formula is C16H16N4O3S. The molecule has 0 spiro atoms. The fraction of sp³-hybridized carbons (Fsp3) is 0.250. The number of nitrogens with one attached hydrogen (secondary N) is 1. The maximum absolute atomic E-state index is 12.3. The lowest BCUT2D eigenvalue weighted by molar-refractivity contribution is -0.122. The number of rotatable bonds is 6. The van der Waals surface area contributed by atoms with Crippen LogP contribution in [0.1, 0.15) is 11.7 Å². The molecule has 1 atom stereocenters. The van der Waals surface area contributed by atoms with Gasteiger partial charge in [0.1, 0.15) is 11.2 Å². The van der Waals surface area contributed by atoms with Crippen LogP contribution in [0.2, 0.25) is 0 Å². The zero-order chi connectivity index (χ0) is 16.9. The number of ether oxygens (including phenoxy) is 1. The summed E-state index contributed by atoms with van der Waals surface area (Å²) in [5.41, 5.74) is 1.13. The number of aromatic nitrogens is 3. The third-order valence-electron chi connectivity index (χ3n) is 3.46. The van der Waals surface area contributed by atoms with E-state index in [9.17, 15) is 9.59 Å². The van der Waals surface area contributed by atoms with Gasteiger partial charge in [-0.1, -0.05) is 6.07 Å². The second-order valence-corrected chi connectivity index (χ2v) is 6.06.